The molecular weight excluding hydrogens is 528 g/mol. The van der Waals surface area contributed by atoms with Crippen LogP contribution in [-0.4, -0.2) is 47.1 Å². The highest BCUT2D eigenvalue weighted by molar-refractivity contribution is 6.30. The third-order valence-corrected chi connectivity index (χ3v) is 6.46. The fourth-order valence-electron chi connectivity index (χ4n) is 4.27. The van der Waals surface area contributed by atoms with Gasteiger partial charge in [-0.05, 0) is 42.5 Å². The zero-order valence-electron chi connectivity index (χ0n) is 19.8. The van der Waals surface area contributed by atoms with E-state index in [4.69, 9.17) is 11.6 Å². The van der Waals surface area contributed by atoms with Crippen molar-refractivity contribution in [3.63, 3.8) is 0 Å². The number of alkyl halides is 3. The molecule has 1 aromatic heterocycles. The molecule has 12 heteroatoms. The van der Waals surface area contributed by atoms with Gasteiger partial charge in [0.1, 0.15) is 5.82 Å². The molecule has 1 aliphatic rings. The Morgan fingerprint density at radius 3 is 2.21 bits per heavy atom. The average molecular weight is 551 g/mol. The number of likely N-dealkylation sites (tertiary alicyclic amines) is 1. The highest BCUT2D eigenvalue weighted by atomic mass is 35.5. The maximum Gasteiger partial charge on any atom is 0.390 e. The molecule has 0 radical (unpaired) electrons. The highest BCUT2D eigenvalue weighted by Crippen LogP contribution is 2.30. The standard InChI is InChI=1S/C26H23ClF4N4O3/c27-16-4-6-17(7-5-16)32-24(37)19-14-34(12-10-26(29,30)31)15-20(19)25(38)33-22-9-8-18(13-21(22)28)35-11-2-1-3-23(35)36/h1-9,11,13,19-20H,10,12,14-15H2,(H,32,37)(H,33,38)/t19-,20-/m0/s1. The van der Waals surface area contributed by atoms with Crippen LogP contribution in [0.5, 0.6) is 0 Å². The number of carbonyl (C=O) groups excluding carboxylic acids is 2. The Kier molecular flexibility index (Phi) is 8.17. The second-order valence-corrected chi connectivity index (χ2v) is 9.33. The monoisotopic (exact) mass is 550 g/mol. The van der Waals surface area contributed by atoms with Gasteiger partial charge in [0.25, 0.3) is 5.56 Å². The van der Waals surface area contributed by atoms with E-state index >= 15 is 0 Å². The molecule has 2 atom stereocenters. The van der Waals surface area contributed by atoms with Crippen molar-refractivity contribution in [2.75, 3.05) is 30.3 Å². The van der Waals surface area contributed by atoms with Gasteiger partial charge in [-0.15, -0.1) is 0 Å². The van der Waals surface area contributed by atoms with Gasteiger partial charge in [0.15, 0.2) is 0 Å². The quantitative estimate of drug-likeness (QED) is 0.418. The summed E-state index contributed by atoms with van der Waals surface area (Å²) in [7, 11) is 0. The van der Waals surface area contributed by atoms with E-state index in [1.807, 2.05) is 0 Å². The second-order valence-electron chi connectivity index (χ2n) is 8.90. The third-order valence-electron chi connectivity index (χ3n) is 6.20. The molecule has 200 valence electrons. The summed E-state index contributed by atoms with van der Waals surface area (Å²) in [6.45, 7) is -0.571. The summed E-state index contributed by atoms with van der Waals surface area (Å²) in [6.07, 6.45) is -4.03. The van der Waals surface area contributed by atoms with Gasteiger partial charge in [0.2, 0.25) is 11.8 Å². The molecule has 1 fully saturated rings. The van der Waals surface area contributed by atoms with E-state index in [2.05, 4.69) is 10.6 Å². The Bertz CT molecular complexity index is 1380. The van der Waals surface area contributed by atoms with Crippen LogP contribution in [0, 0.1) is 17.7 Å². The van der Waals surface area contributed by atoms with Crippen molar-refractivity contribution >= 4 is 34.8 Å². The van der Waals surface area contributed by atoms with Crippen molar-refractivity contribution in [2.24, 2.45) is 11.8 Å². The highest BCUT2D eigenvalue weighted by Gasteiger charge is 2.43. The lowest BCUT2D eigenvalue weighted by Gasteiger charge is -2.18. The number of carbonyl (C=O) groups is 2. The van der Waals surface area contributed by atoms with Gasteiger partial charge in [0, 0.05) is 48.7 Å². The van der Waals surface area contributed by atoms with Gasteiger partial charge >= 0.3 is 6.18 Å². The minimum Gasteiger partial charge on any atom is -0.326 e. The number of pyridine rings is 1. The van der Waals surface area contributed by atoms with Crippen molar-refractivity contribution in [3.05, 3.63) is 88.1 Å². The van der Waals surface area contributed by atoms with Crippen molar-refractivity contribution in [1.29, 1.82) is 0 Å². The fourth-order valence-corrected chi connectivity index (χ4v) is 4.40. The minimum atomic E-state index is -4.40. The van der Waals surface area contributed by atoms with Crippen LogP contribution in [0.2, 0.25) is 5.02 Å². The Labute approximate surface area is 220 Å². The zero-order valence-corrected chi connectivity index (χ0v) is 20.6. The number of rotatable bonds is 7. The maximum absolute atomic E-state index is 14.9. The van der Waals surface area contributed by atoms with Crippen molar-refractivity contribution in [2.45, 2.75) is 12.6 Å². The predicted octanol–water partition coefficient (Wildman–Crippen LogP) is 4.71. The van der Waals surface area contributed by atoms with Crippen LogP contribution in [-0.2, 0) is 9.59 Å². The topological polar surface area (TPSA) is 83.4 Å². The first-order valence-electron chi connectivity index (χ1n) is 11.6. The number of amides is 2. The van der Waals surface area contributed by atoms with E-state index in [9.17, 15) is 31.9 Å². The van der Waals surface area contributed by atoms with Crippen LogP contribution in [0.3, 0.4) is 0 Å². The van der Waals surface area contributed by atoms with Crippen LogP contribution >= 0.6 is 11.6 Å². The Morgan fingerprint density at radius 1 is 0.947 bits per heavy atom. The first kappa shape index (κ1) is 27.3. The summed E-state index contributed by atoms with van der Waals surface area (Å²) in [6, 6.07) is 14.5. The molecule has 0 saturated carbocycles. The van der Waals surface area contributed by atoms with Crippen LogP contribution in [0.15, 0.2) is 71.7 Å². The van der Waals surface area contributed by atoms with Gasteiger partial charge in [0.05, 0.1) is 29.6 Å². The molecule has 0 aliphatic carbocycles. The molecule has 4 rings (SSSR count). The number of anilines is 2. The second kappa shape index (κ2) is 11.4. The Morgan fingerprint density at radius 2 is 1.61 bits per heavy atom. The lowest BCUT2D eigenvalue weighted by atomic mass is 9.94. The average Bonchev–Trinajstić information content (AvgIpc) is 3.30. The number of nitrogens with zero attached hydrogens (tertiary/aromatic N) is 2. The summed E-state index contributed by atoms with van der Waals surface area (Å²) in [4.78, 5) is 39.6. The number of aromatic nitrogens is 1. The summed E-state index contributed by atoms with van der Waals surface area (Å²) in [5.41, 5.74) is 0.0899. The summed E-state index contributed by atoms with van der Waals surface area (Å²) in [5, 5.41) is 5.56. The number of nitrogens with one attached hydrogen (secondary N) is 2. The van der Waals surface area contributed by atoms with Gasteiger partial charge in [-0.3, -0.25) is 19.0 Å². The molecule has 0 spiro atoms. The van der Waals surface area contributed by atoms with Crippen LogP contribution < -0.4 is 16.2 Å². The lowest BCUT2D eigenvalue weighted by Crippen LogP contribution is -2.35. The van der Waals surface area contributed by atoms with Crippen molar-refractivity contribution < 1.29 is 27.2 Å². The van der Waals surface area contributed by atoms with Gasteiger partial charge in [-0.2, -0.15) is 13.2 Å². The van der Waals surface area contributed by atoms with E-state index in [0.29, 0.717) is 10.7 Å². The van der Waals surface area contributed by atoms with E-state index < -0.39 is 42.1 Å². The normalized spacial score (nSPS) is 17.8. The number of benzene rings is 2. The number of halogens is 5. The molecular formula is C26H23ClF4N4O3. The fraction of sp³-hybridized carbons (Fsp3) is 0.269. The number of hydrogen-bond donors (Lipinski definition) is 2. The summed E-state index contributed by atoms with van der Waals surface area (Å²) < 4.78 is 54.5. The minimum absolute atomic E-state index is 0.0774. The summed E-state index contributed by atoms with van der Waals surface area (Å²) in [5.74, 6) is -4.10. The first-order chi connectivity index (χ1) is 18.0. The molecule has 38 heavy (non-hydrogen) atoms. The predicted molar refractivity (Wildman–Crippen MR) is 135 cm³/mol. The van der Waals surface area contributed by atoms with E-state index in [0.717, 1.165) is 6.07 Å². The van der Waals surface area contributed by atoms with Crippen LogP contribution in [0.25, 0.3) is 5.69 Å². The molecule has 2 heterocycles. The molecule has 1 aliphatic heterocycles. The third kappa shape index (κ3) is 6.78. The lowest BCUT2D eigenvalue weighted by molar-refractivity contribution is -0.137. The Balaban J connectivity index is 1.51. The van der Waals surface area contributed by atoms with Gasteiger partial charge in [-0.25, -0.2) is 4.39 Å². The van der Waals surface area contributed by atoms with Crippen molar-refractivity contribution in [3.8, 4) is 5.69 Å². The van der Waals surface area contributed by atoms with Crippen molar-refractivity contribution in [1.82, 2.24) is 9.47 Å². The van der Waals surface area contributed by atoms with Gasteiger partial charge in [-0.1, -0.05) is 17.7 Å². The molecule has 2 N–H and O–H groups in total. The van der Waals surface area contributed by atoms with E-state index in [-0.39, 0.29) is 36.6 Å². The number of hydrogen-bond acceptors (Lipinski definition) is 4. The van der Waals surface area contributed by atoms with E-state index in [1.54, 1.807) is 36.4 Å². The van der Waals surface area contributed by atoms with Crippen LogP contribution in [0.4, 0.5) is 28.9 Å². The molecule has 1 saturated heterocycles. The Hall–Kier alpha value is -3.70. The van der Waals surface area contributed by atoms with Gasteiger partial charge < -0.3 is 15.5 Å². The molecule has 7 nitrogen and oxygen atoms in total. The molecule has 2 amide bonds. The maximum atomic E-state index is 14.9. The van der Waals surface area contributed by atoms with Crippen LogP contribution in [0.1, 0.15) is 6.42 Å². The molecule has 0 bridgehead atoms. The molecule has 0 unspecified atom stereocenters. The molecule has 3 aromatic rings. The smallest absolute Gasteiger partial charge is 0.326 e. The SMILES string of the molecule is O=C(Nc1ccc(Cl)cc1)[C@H]1CN(CCC(F)(F)F)C[C@@H]1C(=O)Nc1ccc(-n2ccccc2=O)cc1F. The summed E-state index contributed by atoms with van der Waals surface area (Å²) >= 11 is 5.86. The first-order valence-corrected chi connectivity index (χ1v) is 12.0. The van der Waals surface area contributed by atoms with E-state index in [1.165, 1.54) is 33.9 Å². The largest absolute Gasteiger partial charge is 0.390 e. The zero-order chi connectivity index (χ0) is 27.4. The molecule has 2 aromatic carbocycles.